The van der Waals surface area contributed by atoms with E-state index in [0.717, 1.165) is 16.0 Å². The number of rotatable bonds is 6. The molecule has 0 saturated carbocycles. The van der Waals surface area contributed by atoms with Gasteiger partial charge in [0.1, 0.15) is 11.0 Å². The predicted molar refractivity (Wildman–Crippen MR) is 90.2 cm³/mol. The van der Waals surface area contributed by atoms with Crippen molar-refractivity contribution in [2.24, 2.45) is 0 Å². The smallest absolute Gasteiger partial charge is 0.317 e. The largest absolute Gasteiger partial charge is 0.495 e. The molecule has 2 aromatic rings. The van der Waals surface area contributed by atoms with Crippen molar-refractivity contribution in [1.82, 2.24) is 0 Å². The van der Waals surface area contributed by atoms with E-state index in [0.29, 0.717) is 17.2 Å². The van der Waals surface area contributed by atoms with Crippen LogP contribution in [0.15, 0.2) is 47.4 Å². The van der Waals surface area contributed by atoms with Gasteiger partial charge in [-0.25, -0.2) is 0 Å². The van der Waals surface area contributed by atoms with E-state index in [-0.39, 0.29) is 0 Å². The third-order valence-corrected chi connectivity index (χ3v) is 4.70. The van der Waals surface area contributed by atoms with Crippen LogP contribution in [0.3, 0.4) is 0 Å². The molecule has 22 heavy (non-hydrogen) atoms. The highest BCUT2D eigenvalue weighted by Gasteiger charge is 2.20. The van der Waals surface area contributed by atoms with Crippen molar-refractivity contribution in [3.8, 4) is 5.75 Å². The zero-order valence-corrected chi connectivity index (χ0v) is 13.9. The van der Waals surface area contributed by atoms with E-state index >= 15 is 0 Å². The minimum Gasteiger partial charge on any atom is -0.495 e. The van der Waals surface area contributed by atoms with Crippen LogP contribution in [0.2, 0.25) is 5.02 Å². The van der Waals surface area contributed by atoms with Crippen molar-refractivity contribution in [2.45, 2.75) is 23.5 Å². The van der Waals surface area contributed by atoms with E-state index in [2.05, 4.69) is 0 Å². The molecule has 116 valence electrons. The first-order valence-corrected chi connectivity index (χ1v) is 8.04. The summed E-state index contributed by atoms with van der Waals surface area (Å²) in [4.78, 5) is 12.4. The first kappa shape index (κ1) is 16.7. The minimum atomic E-state index is -0.836. The van der Waals surface area contributed by atoms with Gasteiger partial charge in [0.2, 0.25) is 0 Å². The van der Waals surface area contributed by atoms with Gasteiger partial charge in [0, 0.05) is 4.90 Å². The molecule has 0 fully saturated rings. The van der Waals surface area contributed by atoms with Crippen LogP contribution in [0.5, 0.6) is 5.75 Å². The Bertz CT molecular complexity index is 655. The van der Waals surface area contributed by atoms with Gasteiger partial charge in [-0.3, -0.25) is 4.79 Å². The Labute approximate surface area is 139 Å². The second kappa shape index (κ2) is 7.56. The van der Waals surface area contributed by atoms with Crippen LogP contribution in [0.1, 0.15) is 11.1 Å². The van der Waals surface area contributed by atoms with Crippen molar-refractivity contribution in [3.63, 3.8) is 0 Å². The number of hydrogen-bond donors (Lipinski definition) is 1. The average Bonchev–Trinajstić information content (AvgIpc) is 2.49. The molecular formula is C17H17ClO3S. The molecule has 0 saturated heterocycles. The van der Waals surface area contributed by atoms with E-state index < -0.39 is 11.2 Å². The highest BCUT2D eigenvalue weighted by Crippen LogP contribution is 2.29. The van der Waals surface area contributed by atoms with Gasteiger partial charge in [0.25, 0.3) is 0 Å². The summed E-state index contributed by atoms with van der Waals surface area (Å²) in [5.74, 6) is -0.249. The molecule has 0 aliphatic rings. The normalized spacial score (nSPS) is 12.0. The van der Waals surface area contributed by atoms with Crippen molar-refractivity contribution < 1.29 is 14.6 Å². The lowest BCUT2D eigenvalue weighted by atomic mass is 10.1. The fraction of sp³-hybridized carbons (Fsp3) is 0.235. The lowest BCUT2D eigenvalue weighted by Crippen LogP contribution is -2.19. The number of ether oxygens (including phenoxy) is 1. The molecule has 5 heteroatoms. The van der Waals surface area contributed by atoms with Crippen molar-refractivity contribution >= 4 is 29.3 Å². The van der Waals surface area contributed by atoms with Crippen LogP contribution in [-0.4, -0.2) is 23.4 Å². The maximum absolute atomic E-state index is 11.5. The highest BCUT2D eigenvalue weighted by molar-refractivity contribution is 8.00. The topological polar surface area (TPSA) is 46.5 Å². The zero-order valence-electron chi connectivity index (χ0n) is 12.4. The van der Waals surface area contributed by atoms with Crippen LogP contribution in [0.25, 0.3) is 0 Å². The maximum Gasteiger partial charge on any atom is 0.317 e. The van der Waals surface area contributed by atoms with E-state index in [1.54, 1.807) is 19.2 Å². The summed E-state index contributed by atoms with van der Waals surface area (Å²) in [5.41, 5.74) is 2.02. The van der Waals surface area contributed by atoms with Crippen molar-refractivity contribution in [3.05, 3.63) is 58.6 Å². The Morgan fingerprint density at radius 2 is 1.95 bits per heavy atom. The Kier molecular flexibility index (Phi) is 5.75. The van der Waals surface area contributed by atoms with Gasteiger partial charge in [-0.05, 0) is 43.2 Å². The van der Waals surface area contributed by atoms with E-state index in [4.69, 9.17) is 16.3 Å². The summed E-state index contributed by atoms with van der Waals surface area (Å²) in [6.07, 6.45) is 0.400. The van der Waals surface area contributed by atoms with Gasteiger partial charge in [0.15, 0.2) is 0 Å². The molecule has 0 radical (unpaired) electrons. The third kappa shape index (κ3) is 4.42. The van der Waals surface area contributed by atoms with Crippen LogP contribution in [-0.2, 0) is 11.2 Å². The zero-order chi connectivity index (χ0) is 16.1. The molecule has 0 bridgehead atoms. The van der Waals surface area contributed by atoms with E-state index in [1.807, 2.05) is 37.3 Å². The fourth-order valence-electron chi connectivity index (χ4n) is 2.01. The molecular weight excluding hydrogens is 320 g/mol. The number of benzene rings is 2. The van der Waals surface area contributed by atoms with Gasteiger partial charge in [-0.15, -0.1) is 11.8 Å². The Balaban J connectivity index is 2.13. The number of methoxy groups -OCH3 is 1. The SMILES string of the molecule is COc1ccc(C[C@H](Sc2ccc(C)cc2)C(=O)O)cc1Cl. The number of carboxylic acid groups (broad SMARTS) is 1. The van der Waals surface area contributed by atoms with Gasteiger partial charge >= 0.3 is 5.97 Å². The van der Waals surface area contributed by atoms with Crippen molar-refractivity contribution in [1.29, 1.82) is 0 Å². The minimum absolute atomic E-state index is 0.400. The molecule has 3 nitrogen and oxygen atoms in total. The monoisotopic (exact) mass is 336 g/mol. The van der Waals surface area contributed by atoms with Crippen molar-refractivity contribution in [2.75, 3.05) is 7.11 Å². The Morgan fingerprint density at radius 3 is 2.50 bits per heavy atom. The van der Waals surface area contributed by atoms with Gasteiger partial charge < -0.3 is 9.84 Å². The first-order valence-electron chi connectivity index (χ1n) is 6.78. The molecule has 2 rings (SSSR count). The molecule has 1 atom stereocenters. The van der Waals surface area contributed by atoms with Crippen LogP contribution in [0, 0.1) is 6.92 Å². The second-order valence-electron chi connectivity index (χ2n) is 4.93. The molecule has 2 aromatic carbocycles. The second-order valence-corrected chi connectivity index (χ2v) is 6.61. The summed E-state index contributed by atoms with van der Waals surface area (Å²) >= 11 is 7.43. The number of carbonyl (C=O) groups is 1. The quantitative estimate of drug-likeness (QED) is 0.792. The van der Waals surface area contributed by atoms with Gasteiger partial charge in [0.05, 0.1) is 12.1 Å². The molecule has 0 aliphatic carbocycles. The molecule has 0 heterocycles. The number of carboxylic acids is 1. The van der Waals surface area contributed by atoms with Gasteiger partial charge in [-0.1, -0.05) is 35.4 Å². The van der Waals surface area contributed by atoms with E-state index in [9.17, 15) is 9.90 Å². The lowest BCUT2D eigenvalue weighted by molar-refractivity contribution is -0.136. The number of hydrogen-bond acceptors (Lipinski definition) is 3. The molecule has 0 spiro atoms. The van der Waals surface area contributed by atoms with Crippen LogP contribution >= 0.6 is 23.4 Å². The molecule has 1 N–H and O–H groups in total. The lowest BCUT2D eigenvalue weighted by Gasteiger charge is -2.13. The standard InChI is InChI=1S/C17H17ClO3S/c1-11-3-6-13(7-4-11)22-16(17(19)20)10-12-5-8-15(21-2)14(18)9-12/h3-9,16H,10H2,1-2H3,(H,19,20)/t16-/m0/s1. The maximum atomic E-state index is 11.5. The number of aryl methyl sites for hydroxylation is 1. The summed E-state index contributed by atoms with van der Waals surface area (Å²) < 4.78 is 5.11. The summed E-state index contributed by atoms with van der Waals surface area (Å²) in [7, 11) is 1.55. The molecule has 0 aromatic heterocycles. The highest BCUT2D eigenvalue weighted by atomic mass is 35.5. The number of thioether (sulfide) groups is 1. The number of aliphatic carboxylic acids is 1. The molecule has 0 unspecified atom stereocenters. The third-order valence-electron chi connectivity index (χ3n) is 3.21. The fourth-order valence-corrected chi connectivity index (χ4v) is 3.29. The summed E-state index contributed by atoms with van der Waals surface area (Å²) in [6.45, 7) is 2.00. The first-order chi connectivity index (χ1) is 10.5. The summed E-state index contributed by atoms with van der Waals surface area (Å²) in [5, 5.41) is 9.37. The molecule has 0 amide bonds. The Hall–Kier alpha value is -1.65. The number of halogens is 1. The summed E-state index contributed by atoms with van der Waals surface area (Å²) in [6, 6.07) is 13.2. The molecule has 0 aliphatic heterocycles. The predicted octanol–water partition coefficient (Wildman–Crippen LogP) is 4.45. The van der Waals surface area contributed by atoms with Crippen LogP contribution in [0.4, 0.5) is 0 Å². The van der Waals surface area contributed by atoms with Crippen LogP contribution < -0.4 is 4.74 Å². The van der Waals surface area contributed by atoms with E-state index in [1.165, 1.54) is 11.8 Å². The average molecular weight is 337 g/mol. The Morgan fingerprint density at radius 1 is 1.27 bits per heavy atom. The van der Waals surface area contributed by atoms with Gasteiger partial charge in [-0.2, -0.15) is 0 Å².